The van der Waals surface area contributed by atoms with E-state index >= 15 is 0 Å². The molecule has 0 rings (SSSR count). The number of methoxy groups -OCH3 is 1. The number of hydrogen-bond donors (Lipinski definition) is 2. The molecule has 0 saturated carbocycles. The molecule has 0 aliphatic carbocycles. The number of nitrogens with zero attached hydrogens (tertiary/aromatic N) is 1. The summed E-state index contributed by atoms with van der Waals surface area (Å²) in [5.41, 5.74) is 0. The molecule has 0 bridgehead atoms. The fourth-order valence-electron chi connectivity index (χ4n) is 1.43. The molecular weight excluding hydrogens is 192 g/mol. The summed E-state index contributed by atoms with van der Waals surface area (Å²) < 4.78 is 5.00. The summed E-state index contributed by atoms with van der Waals surface area (Å²) in [5.74, 6) is 0. The number of hydrogen-bond acceptors (Lipinski definition) is 4. The second-order valence-corrected chi connectivity index (χ2v) is 4.29. The van der Waals surface area contributed by atoms with Crippen LogP contribution < -0.4 is 5.32 Å². The van der Waals surface area contributed by atoms with E-state index in [1.807, 2.05) is 0 Å². The summed E-state index contributed by atoms with van der Waals surface area (Å²) in [7, 11) is 3.79. The zero-order valence-electron chi connectivity index (χ0n) is 10.5. The Labute approximate surface area is 93.6 Å². The van der Waals surface area contributed by atoms with Crippen molar-refractivity contribution in [2.24, 2.45) is 0 Å². The summed E-state index contributed by atoms with van der Waals surface area (Å²) in [4.78, 5) is 2.22. The molecule has 0 aromatic carbocycles. The number of likely N-dealkylation sites (N-methyl/N-ethyl adjacent to an activating group) is 1. The number of rotatable bonds is 9. The first-order valence-electron chi connectivity index (χ1n) is 5.64. The summed E-state index contributed by atoms with van der Waals surface area (Å²) in [6.07, 6.45) is 0.967. The number of aliphatic hydroxyl groups is 1. The average Bonchev–Trinajstić information content (AvgIpc) is 2.20. The quantitative estimate of drug-likeness (QED) is 0.585. The first-order chi connectivity index (χ1) is 7.10. The largest absolute Gasteiger partial charge is 0.395 e. The van der Waals surface area contributed by atoms with Crippen LogP contribution in [0.15, 0.2) is 0 Å². The molecule has 0 spiro atoms. The minimum Gasteiger partial charge on any atom is -0.395 e. The maximum absolute atomic E-state index is 9.16. The van der Waals surface area contributed by atoms with Crippen molar-refractivity contribution in [1.29, 1.82) is 0 Å². The number of aliphatic hydroxyl groups excluding tert-OH is 1. The van der Waals surface area contributed by atoms with Gasteiger partial charge in [0.05, 0.1) is 13.2 Å². The van der Waals surface area contributed by atoms with Gasteiger partial charge in [-0.25, -0.2) is 0 Å². The molecule has 1 atom stereocenters. The van der Waals surface area contributed by atoms with Crippen LogP contribution in [0.5, 0.6) is 0 Å². The lowest BCUT2D eigenvalue weighted by Gasteiger charge is -2.22. The van der Waals surface area contributed by atoms with E-state index in [0.29, 0.717) is 6.04 Å². The van der Waals surface area contributed by atoms with Crippen LogP contribution in [0.25, 0.3) is 0 Å². The van der Waals surface area contributed by atoms with E-state index in [1.54, 1.807) is 7.11 Å². The van der Waals surface area contributed by atoms with Crippen molar-refractivity contribution < 1.29 is 9.84 Å². The zero-order valence-corrected chi connectivity index (χ0v) is 10.5. The molecule has 92 valence electrons. The highest BCUT2D eigenvalue weighted by atomic mass is 16.5. The summed E-state index contributed by atoms with van der Waals surface area (Å²) in [6.45, 7) is 7.08. The molecule has 0 radical (unpaired) electrons. The smallest absolute Gasteiger partial charge is 0.0589 e. The highest BCUT2D eigenvalue weighted by Crippen LogP contribution is 1.96. The topological polar surface area (TPSA) is 44.7 Å². The molecule has 0 heterocycles. The molecule has 0 aliphatic heterocycles. The van der Waals surface area contributed by atoms with Gasteiger partial charge in [-0.15, -0.1) is 0 Å². The Hall–Kier alpha value is -0.160. The first kappa shape index (κ1) is 14.8. The Bertz CT molecular complexity index is 143. The molecule has 0 fully saturated rings. The Morgan fingerprint density at radius 1 is 1.33 bits per heavy atom. The minimum absolute atomic E-state index is 0.204. The highest BCUT2D eigenvalue weighted by Gasteiger charge is 2.09. The van der Waals surface area contributed by atoms with Crippen LogP contribution in [0, 0.1) is 0 Å². The molecule has 0 aliphatic rings. The maximum atomic E-state index is 9.16. The second kappa shape index (κ2) is 9.09. The predicted molar refractivity (Wildman–Crippen MR) is 63.1 cm³/mol. The molecule has 2 N–H and O–H groups in total. The van der Waals surface area contributed by atoms with Crippen molar-refractivity contribution in [2.75, 3.05) is 40.5 Å². The SMILES string of the molecule is COCCN(C)CCC(CO)NC(C)C. The minimum atomic E-state index is 0.204. The van der Waals surface area contributed by atoms with E-state index in [0.717, 1.165) is 26.1 Å². The Kier molecular flexibility index (Phi) is 9.00. The number of nitrogens with one attached hydrogen (secondary N) is 1. The van der Waals surface area contributed by atoms with Crippen molar-refractivity contribution in [3.8, 4) is 0 Å². The van der Waals surface area contributed by atoms with Crippen LogP contribution in [0.4, 0.5) is 0 Å². The van der Waals surface area contributed by atoms with Crippen LogP contribution in [0.3, 0.4) is 0 Å². The highest BCUT2D eigenvalue weighted by molar-refractivity contribution is 4.69. The lowest BCUT2D eigenvalue weighted by atomic mass is 10.2. The van der Waals surface area contributed by atoms with Gasteiger partial charge in [0.25, 0.3) is 0 Å². The van der Waals surface area contributed by atoms with Crippen LogP contribution in [-0.4, -0.2) is 62.6 Å². The van der Waals surface area contributed by atoms with E-state index in [9.17, 15) is 0 Å². The van der Waals surface area contributed by atoms with Gasteiger partial charge in [-0.1, -0.05) is 13.8 Å². The normalized spacial score (nSPS) is 13.8. The summed E-state index contributed by atoms with van der Waals surface area (Å²) in [5, 5.41) is 12.5. The third-order valence-corrected chi connectivity index (χ3v) is 2.33. The third-order valence-electron chi connectivity index (χ3n) is 2.33. The molecule has 0 amide bonds. The summed E-state index contributed by atoms with van der Waals surface area (Å²) in [6, 6.07) is 0.626. The molecular formula is C11H26N2O2. The molecule has 0 aromatic heterocycles. The molecule has 0 saturated heterocycles. The van der Waals surface area contributed by atoms with Gasteiger partial charge < -0.3 is 20.1 Å². The molecule has 15 heavy (non-hydrogen) atoms. The van der Waals surface area contributed by atoms with E-state index in [-0.39, 0.29) is 12.6 Å². The van der Waals surface area contributed by atoms with Gasteiger partial charge in [-0.3, -0.25) is 0 Å². The van der Waals surface area contributed by atoms with E-state index in [1.165, 1.54) is 0 Å². The van der Waals surface area contributed by atoms with Crippen LogP contribution >= 0.6 is 0 Å². The third kappa shape index (κ3) is 8.81. The van der Waals surface area contributed by atoms with Crippen LogP contribution in [0.1, 0.15) is 20.3 Å². The van der Waals surface area contributed by atoms with E-state index in [2.05, 4.69) is 31.1 Å². The van der Waals surface area contributed by atoms with Gasteiger partial charge in [0.15, 0.2) is 0 Å². The monoisotopic (exact) mass is 218 g/mol. The lowest BCUT2D eigenvalue weighted by Crippen LogP contribution is -2.40. The van der Waals surface area contributed by atoms with Crippen LogP contribution in [-0.2, 0) is 4.74 Å². The van der Waals surface area contributed by atoms with Gasteiger partial charge in [-0.05, 0) is 20.0 Å². The van der Waals surface area contributed by atoms with Gasteiger partial charge in [0.2, 0.25) is 0 Å². The van der Waals surface area contributed by atoms with Crippen LogP contribution in [0.2, 0.25) is 0 Å². The van der Waals surface area contributed by atoms with Gasteiger partial charge in [-0.2, -0.15) is 0 Å². The fourth-order valence-corrected chi connectivity index (χ4v) is 1.43. The number of ether oxygens (including phenoxy) is 1. The average molecular weight is 218 g/mol. The van der Waals surface area contributed by atoms with Crippen molar-refractivity contribution in [3.63, 3.8) is 0 Å². The Morgan fingerprint density at radius 3 is 2.47 bits per heavy atom. The van der Waals surface area contributed by atoms with Crippen molar-refractivity contribution in [3.05, 3.63) is 0 Å². The van der Waals surface area contributed by atoms with E-state index < -0.39 is 0 Å². The molecule has 1 unspecified atom stereocenters. The molecule has 4 heteroatoms. The maximum Gasteiger partial charge on any atom is 0.0589 e. The Balaban J connectivity index is 3.60. The van der Waals surface area contributed by atoms with Crippen molar-refractivity contribution in [1.82, 2.24) is 10.2 Å². The zero-order chi connectivity index (χ0) is 11.7. The fraction of sp³-hybridized carbons (Fsp3) is 1.00. The summed E-state index contributed by atoms with van der Waals surface area (Å²) >= 11 is 0. The first-order valence-corrected chi connectivity index (χ1v) is 5.64. The predicted octanol–water partition coefficient (Wildman–Crippen LogP) is 0.314. The standard InChI is InChI=1S/C11H26N2O2/c1-10(2)12-11(9-14)5-6-13(3)7-8-15-4/h10-12,14H,5-9H2,1-4H3. The lowest BCUT2D eigenvalue weighted by molar-refractivity contribution is 0.153. The van der Waals surface area contributed by atoms with Crippen molar-refractivity contribution >= 4 is 0 Å². The second-order valence-electron chi connectivity index (χ2n) is 4.29. The molecule has 4 nitrogen and oxygen atoms in total. The van der Waals surface area contributed by atoms with Gasteiger partial charge in [0, 0.05) is 25.7 Å². The van der Waals surface area contributed by atoms with Crippen molar-refractivity contribution in [2.45, 2.75) is 32.4 Å². The molecule has 0 aromatic rings. The van der Waals surface area contributed by atoms with Gasteiger partial charge in [0.1, 0.15) is 0 Å². The Morgan fingerprint density at radius 2 is 2.00 bits per heavy atom. The van der Waals surface area contributed by atoms with E-state index in [4.69, 9.17) is 9.84 Å². The van der Waals surface area contributed by atoms with Gasteiger partial charge >= 0.3 is 0 Å².